The molecule has 25 heavy (non-hydrogen) atoms. The molecule has 2 heterocycles. The third-order valence-electron chi connectivity index (χ3n) is 4.63. The molecule has 0 radical (unpaired) electrons. The summed E-state index contributed by atoms with van der Waals surface area (Å²) in [5, 5.41) is 13.3. The lowest BCUT2D eigenvalue weighted by Gasteiger charge is -2.33. The number of sulfone groups is 1. The Morgan fingerprint density at radius 2 is 2.00 bits per heavy atom. The molecule has 1 aromatic carbocycles. The minimum atomic E-state index is -3.18. The molecule has 136 valence electrons. The van der Waals surface area contributed by atoms with Gasteiger partial charge in [0.2, 0.25) is 0 Å². The molecule has 2 aromatic rings. The molecule has 1 unspecified atom stereocenters. The summed E-state index contributed by atoms with van der Waals surface area (Å²) in [6, 6.07) is 7.00. The van der Waals surface area contributed by atoms with Gasteiger partial charge >= 0.3 is 0 Å². The number of hydrogen-bond acceptors (Lipinski definition) is 6. The van der Waals surface area contributed by atoms with Crippen LogP contribution in [-0.4, -0.2) is 47.9 Å². The van der Waals surface area contributed by atoms with E-state index in [9.17, 15) is 13.5 Å². The van der Waals surface area contributed by atoms with E-state index in [0.717, 1.165) is 42.2 Å². The number of rotatable bonds is 5. The molecule has 1 N–H and O–H groups in total. The Kier molecular flexibility index (Phi) is 5.03. The topological polar surface area (TPSA) is 70.5 Å². The highest BCUT2D eigenvalue weighted by Crippen LogP contribution is 2.30. The Morgan fingerprint density at radius 1 is 1.32 bits per heavy atom. The fraction of sp³-hybridized carbons (Fsp3) is 0.500. The molecule has 0 amide bonds. The standard InChI is InChI=1S/C18H24N2O3S2/c1-18(2,21)16-5-4-10-20(16)11-14-12-24-17(19-14)13-6-8-15(9-7-13)25(3,22)23/h6-9,12,16,21H,4-5,10-11H2,1-3H3. The van der Waals surface area contributed by atoms with E-state index in [2.05, 4.69) is 4.90 Å². The number of aromatic nitrogens is 1. The highest BCUT2D eigenvalue weighted by molar-refractivity contribution is 7.90. The maximum Gasteiger partial charge on any atom is 0.175 e. The maximum absolute atomic E-state index is 11.6. The number of nitrogens with zero attached hydrogens (tertiary/aromatic N) is 2. The van der Waals surface area contributed by atoms with E-state index in [4.69, 9.17) is 4.98 Å². The van der Waals surface area contributed by atoms with Crippen molar-refractivity contribution in [2.75, 3.05) is 12.8 Å². The van der Waals surface area contributed by atoms with Crippen molar-refractivity contribution in [1.82, 2.24) is 9.88 Å². The van der Waals surface area contributed by atoms with Gasteiger partial charge in [-0.1, -0.05) is 12.1 Å². The van der Waals surface area contributed by atoms with Crippen molar-refractivity contribution in [3.8, 4) is 10.6 Å². The Bertz CT molecular complexity index is 836. The summed E-state index contributed by atoms with van der Waals surface area (Å²) < 4.78 is 23.1. The van der Waals surface area contributed by atoms with Crippen LogP contribution in [0.3, 0.4) is 0 Å². The van der Waals surface area contributed by atoms with Crippen molar-refractivity contribution in [1.29, 1.82) is 0 Å². The Hall–Kier alpha value is -1.28. The van der Waals surface area contributed by atoms with Gasteiger partial charge in [0.25, 0.3) is 0 Å². The van der Waals surface area contributed by atoms with Crippen LogP contribution in [0, 0.1) is 0 Å². The molecular weight excluding hydrogens is 356 g/mol. The summed E-state index contributed by atoms with van der Waals surface area (Å²) in [5.74, 6) is 0. The number of benzene rings is 1. The fourth-order valence-electron chi connectivity index (χ4n) is 3.38. The normalized spacial score (nSPS) is 19.4. The first kappa shape index (κ1) is 18.5. The largest absolute Gasteiger partial charge is 0.389 e. The Morgan fingerprint density at radius 3 is 2.60 bits per heavy atom. The summed E-state index contributed by atoms with van der Waals surface area (Å²) in [5.41, 5.74) is 1.20. The van der Waals surface area contributed by atoms with E-state index in [1.165, 1.54) is 6.26 Å². The monoisotopic (exact) mass is 380 g/mol. The lowest BCUT2D eigenvalue weighted by Crippen LogP contribution is -2.45. The van der Waals surface area contributed by atoms with Crippen molar-refractivity contribution in [2.45, 2.75) is 49.8 Å². The van der Waals surface area contributed by atoms with E-state index in [1.54, 1.807) is 35.6 Å². The van der Waals surface area contributed by atoms with E-state index in [-0.39, 0.29) is 6.04 Å². The molecule has 1 aromatic heterocycles. The number of hydrogen-bond donors (Lipinski definition) is 1. The highest BCUT2D eigenvalue weighted by atomic mass is 32.2. The minimum absolute atomic E-state index is 0.159. The van der Waals surface area contributed by atoms with Crippen LogP contribution in [0.4, 0.5) is 0 Å². The third-order valence-corrected chi connectivity index (χ3v) is 6.69. The summed E-state index contributed by atoms with van der Waals surface area (Å²) in [7, 11) is -3.18. The summed E-state index contributed by atoms with van der Waals surface area (Å²) in [6.45, 7) is 5.44. The van der Waals surface area contributed by atoms with E-state index in [0.29, 0.717) is 4.90 Å². The average Bonchev–Trinajstić information content (AvgIpc) is 3.16. The molecule has 1 aliphatic rings. The third kappa shape index (κ3) is 4.28. The molecule has 0 saturated carbocycles. The first-order valence-corrected chi connectivity index (χ1v) is 11.1. The second kappa shape index (κ2) is 6.79. The van der Waals surface area contributed by atoms with E-state index < -0.39 is 15.4 Å². The molecule has 0 bridgehead atoms. The molecule has 5 nitrogen and oxygen atoms in total. The minimum Gasteiger partial charge on any atom is -0.389 e. The van der Waals surface area contributed by atoms with Gasteiger partial charge in [0.15, 0.2) is 9.84 Å². The van der Waals surface area contributed by atoms with Crippen LogP contribution in [0.5, 0.6) is 0 Å². The number of aliphatic hydroxyl groups is 1. The van der Waals surface area contributed by atoms with Crippen molar-refractivity contribution >= 4 is 21.2 Å². The average molecular weight is 381 g/mol. The molecule has 1 aliphatic heterocycles. The van der Waals surface area contributed by atoms with E-state index >= 15 is 0 Å². The first-order valence-electron chi connectivity index (χ1n) is 8.36. The van der Waals surface area contributed by atoms with Gasteiger partial charge < -0.3 is 5.11 Å². The Labute approximate surface area is 153 Å². The highest BCUT2D eigenvalue weighted by Gasteiger charge is 2.35. The first-order chi connectivity index (χ1) is 11.6. The van der Waals surface area contributed by atoms with Gasteiger partial charge in [-0.05, 0) is 45.4 Å². The molecule has 1 atom stereocenters. The molecule has 0 aliphatic carbocycles. The SMILES string of the molecule is CC(C)(O)C1CCCN1Cc1csc(-c2ccc(S(C)(=O)=O)cc2)n1. The molecule has 3 rings (SSSR count). The smallest absolute Gasteiger partial charge is 0.175 e. The van der Waals surface area contributed by atoms with Gasteiger partial charge in [0, 0.05) is 29.8 Å². The zero-order valence-electron chi connectivity index (χ0n) is 14.8. The number of thiazole rings is 1. The maximum atomic E-state index is 11.6. The summed E-state index contributed by atoms with van der Waals surface area (Å²) >= 11 is 1.56. The van der Waals surface area contributed by atoms with Crippen molar-refractivity contribution < 1.29 is 13.5 Å². The predicted molar refractivity (Wildman–Crippen MR) is 100 cm³/mol. The van der Waals surface area contributed by atoms with Gasteiger partial charge in [-0.25, -0.2) is 13.4 Å². The van der Waals surface area contributed by atoms with Crippen LogP contribution in [-0.2, 0) is 16.4 Å². The van der Waals surface area contributed by atoms with Crippen LogP contribution in [0.2, 0.25) is 0 Å². The van der Waals surface area contributed by atoms with Crippen LogP contribution in [0.1, 0.15) is 32.4 Å². The van der Waals surface area contributed by atoms with Crippen LogP contribution < -0.4 is 0 Å². The van der Waals surface area contributed by atoms with Crippen molar-refractivity contribution in [3.05, 3.63) is 35.3 Å². The quantitative estimate of drug-likeness (QED) is 0.864. The second-order valence-electron chi connectivity index (χ2n) is 7.22. The van der Waals surface area contributed by atoms with Gasteiger partial charge in [-0.15, -0.1) is 11.3 Å². The molecule has 7 heteroatoms. The fourth-order valence-corrected chi connectivity index (χ4v) is 4.83. The van der Waals surface area contributed by atoms with Gasteiger partial charge in [-0.2, -0.15) is 0 Å². The lowest BCUT2D eigenvalue weighted by molar-refractivity contribution is -0.00530. The summed E-state index contributed by atoms with van der Waals surface area (Å²) in [4.78, 5) is 7.31. The van der Waals surface area contributed by atoms with Crippen molar-refractivity contribution in [2.24, 2.45) is 0 Å². The lowest BCUT2D eigenvalue weighted by atomic mass is 9.96. The van der Waals surface area contributed by atoms with Gasteiger partial charge in [0.05, 0.1) is 16.2 Å². The van der Waals surface area contributed by atoms with E-state index in [1.807, 2.05) is 19.2 Å². The molecular formula is C18H24N2O3S2. The van der Waals surface area contributed by atoms with Crippen LogP contribution in [0.15, 0.2) is 34.5 Å². The molecule has 0 spiro atoms. The Balaban J connectivity index is 1.74. The van der Waals surface area contributed by atoms with Gasteiger partial charge in [-0.3, -0.25) is 4.90 Å². The van der Waals surface area contributed by atoms with Gasteiger partial charge in [0.1, 0.15) is 5.01 Å². The van der Waals surface area contributed by atoms with Crippen molar-refractivity contribution in [3.63, 3.8) is 0 Å². The summed E-state index contributed by atoms with van der Waals surface area (Å²) in [6.07, 6.45) is 3.31. The zero-order valence-corrected chi connectivity index (χ0v) is 16.4. The predicted octanol–water partition coefficient (Wildman–Crippen LogP) is 2.95. The molecule has 1 saturated heterocycles. The zero-order chi connectivity index (χ0) is 18.2. The number of likely N-dealkylation sites (tertiary alicyclic amines) is 1. The van der Waals surface area contributed by atoms with Crippen LogP contribution >= 0.6 is 11.3 Å². The molecule has 1 fully saturated rings. The van der Waals surface area contributed by atoms with Crippen LogP contribution in [0.25, 0.3) is 10.6 Å². The second-order valence-corrected chi connectivity index (χ2v) is 10.1.